The predicted octanol–water partition coefficient (Wildman–Crippen LogP) is 3.84. The Hall–Kier alpha value is -3.24. The SMILES string of the molecule is CCS(=O)(=O)C1=NN2C(=N)/C(=C\c3ccc(O[C@H](C)c4ccccc4)cc3)C(=O)N=C2S1. The number of rotatable bonds is 5. The van der Waals surface area contributed by atoms with Gasteiger partial charge < -0.3 is 4.74 Å². The third-order valence-electron chi connectivity index (χ3n) is 4.86. The molecule has 0 radical (unpaired) electrons. The quantitative estimate of drug-likeness (QED) is 0.667. The predicted molar refractivity (Wildman–Crippen MR) is 126 cm³/mol. The molecule has 2 aliphatic rings. The summed E-state index contributed by atoms with van der Waals surface area (Å²) in [6.45, 7) is 3.47. The Morgan fingerprint density at radius 3 is 2.50 bits per heavy atom. The summed E-state index contributed by atoms with van der Waals surface area (Å²) in [7, 11) is -3.56. The number of hydrogen-bond acceptors (Lipinski definition) is 7. The third kappa shape index (κ3) is 4.37. The van der Waals surface area contributed by atoms with Crippen LogP contribution < -0.4 is 4.74 Å². The molecule has 32 heavy (non-hydrogen) atoms. The molecule has 0 bridgehead atoms. The highest BCUT2D eigenvalue weighted by Crippen LogP contribution is 2.30. The molecular weight excluding hydrogens is 448 g/mol. The van der Waals surface area contributed by atoms with E-state index in [2.05, 4.69) is 10.1 Å². The van der Waals surface area contributed by atoms with Crippen molar-refractivity contribution in [3.8, 4) is 5.75 Å². The van der Waals surface area contributed by atoms with E-state index >= 15 is 0 Å². The smallest absolute Gasteiger partial charge is 0.283 e. The standard InChI is InChI=1S/C22H20N4O4S2/c1-3-32(28,29)22-25-26-19(23)18(20(27)24-21(26)31-22)13-15-9-11-17(12-10-15)30-14(2)16-7-5-4-6-8-16/h4-14,23H,3H2,1-2H3/b18-13+,23-19?/t14-/m1/s1. The number of ether oxygens (including phenoxy) is 1. The Morgan fingerprint density at radius 1 is 1.16 bits per heavy atom. The van der Waals surface area contributed by atoms with E-state index in [-0.39, 0.29) is 32.8 Å². The van der Waals surface area contributed by atoms with Crippen LogP contribution in [0.15, 0.2) is 70.3 Å². The summed E-state index contributed by atoms with van der Waals surface area (Å²) in [4.78, 5) is 16.4. The number of aliphatic imine (C=N–C) groups is 1. The minimum absolute atomic E-state index is 0.0274. The van der Waals surface area contributed by atoms with Gasteiger partial charge in [-0.1, -0.05) is 49.4 Å². The summed E-state index contributed by atoms with van der Waals surface area (Å²) >= 11 is 0.780. The number of thioether (sulfide) groups is 1. The van der Waals surface area contributed by atoms with Gasteiger partial charge in [-0.25, -0.2) is 8.42 Å². The first-order chi connectivity index (χ1) is 15.3. The van der Waals surface area contributed by atoms with Crippen LogP contribution in [0.2, 0.25) is 0 Å². The van der Waals surface area contributed by atoms with Crippen molar-refractivity contribution in [3.05, 3.63) is 71.3 Å². The Kier molecular flexibility index (Phi) is 5.98. The minimum atomic E-state index is -3.56. The van der Waals surface area contributed by atoms with Crippen molar-refractivity contribution in [2.75, 3.05) is 5.75 Å². The number of nitrogens with zero attached hydrogens (tertiary/aromatic N) is 3. The van der Waals surface area contributed by atoms with Crippen LogP contribution in [0.25, 0.3) is 6.08 Å². The molecular formula is C22H20N4O4S2. The summed E-state index contributed by atoms with van der Waals surface area (Å²) in [5.41, 5.74) is 1.76. The highest BCUT2D eigenvalue weighted by molar-refractivity contribution is 8.42. The van der Waals surface area contributed by atoms with Crippen LogP contribution in [0, 0.1) is 5.41 Å². The summed E-state index contributed by atoms with van der Waals surface area (Å²) in [6.07, 6.45) is 1.40. The van der Waals surface area contributed by atoms with Crippen molar-refractivity contribution in [1.82, 2.24) is 5.01 Å². The summed E-state index contributed by atoms with van der Waals surface area (Å²) < 4.78 is 30.0. The fraction of sp³-hybridized carbons (Fsp3) is 0.182. The fourth-order valence-corrected chi connectivity index (χ4v) is 5.19. The van der Waals surface area contributed by atoms with E-state index < -0.39 is 15.7 Å². The number of carbonyl (C=O) groups excluding carboxylic acids is 1. The average Bonchev–Trinajstić information content (AvgIpc) is 3.23. The third-order valence-corrected chi connectivity index (χ3v) is 7.94. The fourth-order valence-electron chi connectivity index (χ4n) is 3.03. The Labute approximate surface area is 190 Å². The van der Waals surface area contributed by atoms with Gasteiger partial charge in [0.25, 0.3) is 5.91 Å². The zero-order valence-corrected chi connectivity index (χ0v) is 19.0. The van der Waals surface area contributed by atoms with Crippen LogP contribution in [0.5, 0.6) is 5.75 Å². The van der Waals surface area contributed by atoms with Crippen LogP contribution >= 0.6 is 11.8 Å². The highest BCUT2D eigenvalue weighted by atomic mass is 32.3. The molecule has 0 saturated carbocycles. The average molecular weight is 469 g/mol. The number of nitrogens with one attached hydrogen (secondary N) is 1. The lowest BCUT2D eigenvalue weighted by molar-refractivity contribution is -0.114. The normalized spacial score (nSPS) is 18.3. The van der Waals surface area contributed by atoms with Crippen molar-refractivity contribution >= 4 is 49.0 Å². The molecule has 8 nitrogen and oxygen atoms in total. The minimum Gasteiger partial charge on any atom is -0.486 e. The second-order valence-corrected chi connectivity index (χ2v) is 10.4. The van der Waals surface area contributed by atoms with Crippen molar-refractivity contribution in [2.45, 2.75) is 20.0 Å². The molecule has 0 unspecified atom stereocenters. The highest BCUT2D eigenvalue weighted by Gasteiger charge is 2.39. The van der Waals surface area contributed by atoms with E-state index in [1.54, 1.807) is 24.3 Å². The number of hydrogen-bond donors (Lipinski definition) is 1. The molecule has 0 spiro atoms. The first-order valence-corrected chi connectivity index (χ1v) is 12.3. The molecule has 0 fully saturated rings. The molecule has 2 aromatic carbocycles. The largest absolute Gasteiger partial charge is 0.486 e. The van der Waals surface area contributed by atoms with Gasteiger partial charge in [0.15, 0.2) is 5.84 Å². The maximum Gasteiger partial charge on any atom is 0.283 e. The second kappa shape index (κ2) is 8.71. The molecule has 1 N–H and O–H groups in total. The molecule has 2 aliphatic heterocycles. The van der Waals surface area contributed by atoms with Crippen LogP contribution in [0.4, 0.5) is 0 Å². The Morgan fingerprint density at radius 2 is 1.84 bits per heavy atom. The van der Waals surface area contributed by atoms with Gasteiger partial charge >= 0.3 is 0 Å². The number of sulfone groups is 1. The number of amidine groups is 2. The molecule has 0 aliphatic carbocycles. The molecule has 2 heterocycles. The van der Waals surface area contributed by atoms with Crippen molar-refractivity contribution in [1.29, 1.82) is 5.41 Å². The first kappa shape index (κ1) is 22.0. The van der Waals surface area contributed by atoms with Crippen LogP contribution in [-0.2, 0) is 14.6 Å². The van der Waals surface area contributed by atoms with Gasteiger partial charge in [0.05, 0.1) is 11.3 Å². The molecule has 1 atom stereocenters. The van der Waals surface area contributed by atoms with Crippen molar-refractivity contribution < 1.29 is 17.9 Å². The van der Waals surface area contributed by atoms with Crippen LogP contribution in [-0.4, -0.2) is 40.5 Å². The van der Waals surface area contributed by atoms with Gasteiger partial charge in [-0.3, -0.25) is 10.2 Å². The molecule has 2 aromatic rings. The van der Waals surface area contributed by atoms with Gasteiger partial charge in [0.2, 0.25) is 19.4 Å². The maximum absolute atomic E-state index is 12.5. The lowest BCUT2D eigenvalue weighted by Gasteiger charge is -2.20. The monoisotopic (exact) mass is 468 g/mol. The van der Waals surface area contributed by atoms with Crippen LogP contribution in [0.3, 0.4) is 0 Å². The van der Waals surface area contributed by atoms with Gasteiger partial charge in [-0.05, 0) is 48.0 Å². The lowest BCUT2D eigenvalue weighted by atomic mass is 10.1. The van der Waals surface area contributed by atoms with Crippen LogP contribution in [0.1, 0.15) is 31.1 Å². The van der Waals surface area contributed by atoms with E-state index in [1.165, 1.54) is 13.0 Å². The molecule has 4 rings (SSSR count). The van der Waals surface area contributed by atoms with E-state index in [0.29, 0.717) is 11.3 Å². The maximum atomic E-state index is 12.5. The van der Waals surface area contributed by atoms with E-state index in [9.17, 15) is 13.2 Å². The molecule has 164 valence electrons. The number of carbonyl (C=O) groups is 1. The summed E-state index contributed by atoms with van der Waals surface area (Å²) in [5, 5.41) is 13.5. The zero-order valence-electron chi connectivity index (χ0n) is 17.3. The van der Waals surface area contributed by atoms with Crippen molar-refractivity contribution in [3.63, 3.8) is 0 Å². The molecule has 0 saturated heterocycles. The summed E-state index contributed by atoms with van der Waals surface area (Å²) in [6, 6.07) is 17.0. The number of benzene rings is 2. The van der Waals surface area contributed by atoms with E-state index in [4.69, 9.17) is 10.1 Å². The van der Waals surface area contributed by atoms with Gasteiger partial charge in [0, 0.05) is 0 Å². The second-order valence-electron chi connectivity index (χ2n) is 7.03. The van der Waals surface area contributed by atoms with E-state index in [1.807, 2.05) is 37.3 Å². The lowest BCUT2D eigenvalue weighted by Crippen LogP contribution is -2.35. The molecule has 1 amide bonds. The number of fused-ring (bicyclic) bond motifs is 1. The Balaban J connectivity index is 1.53. The Bertz CT molecular complexity index is 1270. The van der Waals surface area contributed by atoms with Gasteiger partial charge in [0.1, 0.15) is 11.9 Å². The number of hydrazone groups is 1. The summed E-state index contributed by atoms with van der Waals surface area (Å²) in [5.74, 6) is -0.283. The molecule has 0 aromatic heterocycles. The first-order valence-electron chi connectivity index (χ1n) is 9.83. The van der Waals surface area contributed by atoms with Gasteiger partial charge in [-0.15, -0.1) is 5.10 Å². The topological polar surface area (TPSA) is 112 Å². The van der Waals surface area contributed by atoms with Crippen molar-refractivity contribution in [2.24, 2.45) is 10.1 Å². The molecule has 10 heteroatoms. The van der Waals surface area contributed by atoms with Gasteiger partial charge in [-0.2, -0.15) is 10.0 Å². The number of amides is 1. The van der Waals surface area contributed by atoms with E-state index in [0.717, 1.165) is 22.3 Å². The zero-order chi connectivity index (χ0) is 22.9.